The van der Waals surface area contributed by atoms with Gasteiger partial charge in [-0.3, -0.25) is 0 Å². The van der Waals surface area contributed by atoms with Crippen LogP contribution in [0.5, 0.6) is 0 Å². The highest BCUT2D eigenvalue weighted by molar-refractivity contribution is 7.09. The molecule has 22 heavy (non-hydrogen) atoms. The number of rotatable bonds is 7. The van der Waals surface area contributed by atoms with Gasteiger partial charge in [0, 0.05) is 24.0 Å². The predicted molar refractivity (Wildman–Crippen MR) is 91.2 cm³/mol. The standard InChI is InChI=1S/C16H29N3O2S/c1-11(2)7-13(8-18-15(20)21-16(4,5)6)17-9-14-12(3)19-10-22-14/h10-11,13,17H,7-9H2,1-6H3,(H,18,20). The Hall–Kier alpha value is -1.14. The molecule has 0 aliphatic heterocycles. The van der Waals surface area contributed by atoms with Crippen molar-refractivity contribution in [3.05, 3.63) is 16.1 Å². The van der Waals surface area contributed by atoms with E-state index in [1.165, 1.54) is 4.88 Å². The van der Waals surface area contributed by atoms with Gasteiger partial charge in [0.05, 0.1) is 11.2 Å². The Morgan fingerprint density at radius 1 is 1.41 bits per heavy atom. The van der Waals surface area contributed by atoms with E-state index >= 15 is 0 Å². The summed E-state index contributed by atoms with van der Waals surface area (Å²) >= 11 is 1.66. The number of hydrogen-bond donors (Lipinski definition) is 2. The lowest BCUT2D eigenvalue weighted by Crippen LogP contribution is -2.43. The van der Waals surface area contributed by atoms with Gasteiger partial charge < -0.3 is 15.4 Å². The molecule has 1 aromatic heterocycles. The summed E-state index contributed by atoms with van der Waals surface area (Å²) in [6.07, 6.45) is 0.630. The van der Waals surface area contributed by atoms with Crippen molar-refractivity contribution in [1.82, 2.24) is 15.6 Å². The molecular formula is C16H29N3O2S. The van der Waals surface area contributed by atoms with Crippen LogP contribution in [0, 0.1) is 12.8 Å². The first-order valence-corrected chi connectivity index (χ1v) is 8.64. The van der Waals surface area contributed by atoms with Gasteiger partial charge in [-0.15, -0.1) is 11.3 Å². The minimum absolute atomic E-state index is 0.217. The second-order valence-corrected chi connectivity index (χ2v) is 7.89. The second-order valence-electron chi connectivity index (χ2n) is 6.95. The Kier molecular flexibility index (Phi) is 7.29. The van der Waals surface area contributed by atoms with Crippen molar-refractivity contribution in [3.63, 3.8) is 0 Å². The van der Waals surface area contributed by atoms with Crippen molar-refractivity contribution in [2.24, 2.45) is 5.92 Å². The summed E-state index contributed by atoms with van der Waals surface area (Å²) in [5.41, 5.74) is 2.47. The summed E-state index contributed by atoms with van der Waals surface area (Å²) in [6, 6.07) is 0.217. The van der Waals surface area contributed by atoms with E-state index in [0.717, 1.165) is 18.7 Å². The summed E-state index contributed by atoms with van der Waals surface area (Å²) in [6.45, 7) is 13.3. The molecule has 0 bridgehead atoms. The number of carbonyl (C=O) groups is 1. The van der Waals surface area contributed by atoms with Crippen molar-refractivity contribution in [1.29, 1.82) is 0 Å². The Balaban J connectivity index is 2.47. The Morgan fingerprint density at radius 3 is 2.59 bits per heavy atom. The molecule has 0 saturated heterocycles. The van der Waals surface area contributed by atoms with Crippen LogP contribution >= 0.6 is 11.3 Å². The molecule has 0 aliphatic rings. The molecule has 6 heteroatoms. The van der Waals surface area contributed by atoms with Crippen LogP contribution in [0.2, 0.25) is 0 Å². The summed E-state index contributed by atoms with van der Waals surface area (Å²) in [5, 5.41) is 6.37. The minimum atomic E-state index is -0.467. The molecule has 1 aromatic rings. The maximum atomic E-state index is 11.8. The van der Waals surface area contributed by atoms with Gasteiger partial charge in [0.15, 0.2) is 0 Å². The van der Waals surface area contributed by atoms with Crippen LogP contribution in [0.25, 0.3) is 0 Å². The molecule has 1 atom stereocenters. The third kappa shape index (κ3) is 7.75. The monoisotopic (exact) mass is 327 g/mol. The van der Waals surface area contributed by atoms with Crippen LogP contribution in [0.4, 0.5) is 4.79 Å². The summed E-state index contributed by atoms with van der Waals surface area (Å²) < 4.78 is 5.28. The first-order chi connectivity index (χ1) is 10.2. The maximum Gasteiger partial charge on any atom is 0.407 e. The lowest BCUT2D eigenvalue weighted by Gasteiger charge is -2.23. The van der Waals surface area contributed by atoms with Crippen LogP contribution < -0.4 is 10.6 Å². The highest BCUT2D eigenvalue weighted by Crippen LogP contribution is 2.13. The summed E-state index contributed by atoms with van der Waals surface area (Å²) in [5.74, 6) is 0.556. The fourth-order valence-corrected chi connectivity index (χ4v) is 2.79. The Morgan fingerprint density at radius 2 is 2.09 bits per heavy atom. The molecular weight excluding hydrogens is 298 g/mol. The number of thiazole rings is 1. The highest BCUT2D eigenvalue weighted by atomic mass is 32.1. The van der Waals surface area contributed by atoms with E-state index in [4.69, 9.17) is 4.74 Å². The fraction of sp³-hybridized carbons (Fsp3) is 0.750. The molecule has 0 spiro atoms. The molecule has 1 heterocycles. The first kappa shape index (κ1) is 18.9. The summed E-state index contributed by atoms with van der Waals surface area (Å²) in [7, 11) is 0. The van der Waals surface area contributed by atoms with Crippen molar-refractivity contribution in [2.45, 2.75) is 66.2 Å². The predicted octanol–water partition coefficient (Wildman–Crippen LogP) is 3.48. The van der Waals surface area contributed by atoms with Crippen LogP contribution in [-0.2, 0) is 11.3 Å². The largest absolute Gasteiger partial charge is 0.444 e. The molecule has 1 amide bonds. The number of hydrogen-bond acceptors (Lipinski definition) is 5. The van der Waals surface area contributed by atoms with Crippen molar-refractivity contribution in [3.8, 4) is 0 Å². The van der Waals surface area contributed by atoms with Crippen LogP contribution in [-0.4, -0.2) is 29.3 Å². The zero-order chi connectivity index (χ0) is 16.8. The number of amides is 1. The topological polar surface area (TPSA) is 63.2 Å². The molecule has 0 aliphatic carbocycles. The van der Waals surface area contributed by atoms with Gasteiger partial charge in [0.1, 0.15) is 5.60 Å². The average molecular weight is 327 g/mol. The number of ether oxygens (including phenoxy) is 1. The van der Waals surface area contributed by atoms with Gasteiger partial charge in [-0.25, -0.2) is 9.78 Å². The van der Waals surface area contributed by atoms with Gasteiger partial charge in [-0.2, -0.15) is 0 Å². The van der Waals surface area contributed by atoms with Gasteiger partial charge in [0.25, 0.3) is 0 Å². The van der Waals surface area contributed by atoms with Gasteiger partial charge in [0.2, 0.25) is 0 Å². The van der Waals surface area contributed by atoms with Gasteiger partial charge in [-0.05, 0) is 40.0 Å². The van der Waals surface area contributed by atoms with E-state index in [2.05, 4.69) is 29.5 Å². The van der Waals surface area contributed by atoms with E-state index < -0.39 is 5.60 Å². The van der Waals surface area contributed by atoms with Crippen molar-refractivity contribution < 1.29 is 9.53 Å². The molecule has 126 valence electrons. The Bertz CT molecular complexity index is 466. The van der Waals surface area contributed by atoms with Crippen molar-refractivity contribution in [2.75, 3.05) is 6.54 Å². The van der Waals surface area contributed by atoms with E-state index in [-0.39, 0.29) is 12.1 Å². The lowest BCUT2D eigenvalue weighted by atomic mass is 10.0. The lowest BCUT2D eigenvalue weighted by molar-refractivity contribution is 0.0521. The third-order valence-corrected chi connectivity index (χ3v) is 3.98. The molecule has 1 rings (SSSR count). The van der Waals surface area contributed by atoms with E-state index in [0.29, 0.717) is 12.5 Å². The maximum absolute atomic E-state index is 11.8. The zero-order valence-electron chi connectivity index (χ0n) is 14.5. The molecule has 0 aromatic carbocycles. The van der Waals surface area contributed by atoms with Crippen LogP contribution in [0.3, 0.4) is 0 Å². The third-order valence-electron chi connectivity index (χ3n) is 3.04. The van der Waals surface area contributed by atoms with E-state index in [1.807, 2.05) is 33.2 Å². The quantitative estimate of drug-likeness (QED) is 0.805. The van der Waals surface area contributed by atoms with Gasteiger partial charge >= 0.3 is 6.09 Å². The normalized spacial score (nSPS) is 13.2. The molecule has 1 unspecified atom stereocenters. The SMILES string of the molecule is Cc1ncsc1CNC(CNC(=O)OC(C)(C)C)CC(C)C. The van der Waals surface area contributed by atoms with Crippen LogP contribution in [0.1, 0.15) is 51.6 Å². The summed E-state index contributed by atoms with van der Waals surface area (Å²) in [4.78, 5) is 17.3. The zero-order valence-corrected chi connectivity index (χ0v) is 15.3. The molecule has 2 N–H and O–H groups in total. The van der Waals surface area contributed by atoms with Gasteiger partial charge in [-0.1, -0.05) is 13.8 Å². The average Bonchev–Trinajstić information content (AvgIpc) is 2.75. The second kappa shape index (κ2) is 8.48. The number of nitrogens with zero attached hydrogens (tertiary/aromatic N) is 1. The number of nitrogens with one attached hydrogen (secondary N) is 2. The Labute approximate surface area is 137 Å². The minimum Gasteiger partial charge on any atom is -0.444 e. The molecule has 0 radical (unpaired) electrons. The van der Waals surface area contributed by atoms with E-state index in [9.17, 15) is 4.79 Å². The number of aryl methyl sites for hydroxylation is 1. The number of aromatic nitrogens is 1. The van der Waals surface area contributed by atoms with E-state index in [1.54, 1.807) is 11.3 Å². The van der Waals surface area contributed by atoms with Crippen molar-refractivity contribution >= 4 is 17.4 Å². The number of alkyl carbamates (subject to hydrolysis) is 1. The number of carbonyl (C=O) groups excluding carboxylic acids is 1. The molecule has 0 fully saturated rings. The molecule has 5 nitrogen and oxygen atoms in total. The fourth-order valence-electron chi connectivity index (χ4n) is 2.06. The van der Waals surface area contributed by atoms with Crippen LogP contribution in [0.15, 0.2) is 5.51 Å². The molecule has 0 saturated carbocycles. The first-order valence-electron chi connectivity index (χ1n) is 7.76. The highest BCUT2D eigenvalue weighted by Gasteiger charge is 2.18. The smallest absolute Gasteiger partial charge is 0.407 e.